The Morgan fingerprint density at radius 2 is 1.93 bits per heavy atom. The molecule has 1 unspecified atom stereocenters. The molecule has 15 heavy (non-hydrogen) atoms. The second-order valence-corrected chi connectivity index (χ2v) is 5.39. The summed E-state index contributed by atoms with van der Waals surface area (Å²) in [4.78, 5) is 1.14. The van der Waals surface area contributed by atoms with Crippen LogP contribution in [0.25, 0.3) is 0 Å². The van der Waals surface area contributed by atoms with Crippen LogP contribution in [0.2, 0.25) is 0 Å². The van der Waals surface area contributed by atoms with E-state index >= 15 is 0 Å². The standard InChI is InChI=1S/C12H19NOS/c1-8(2)9(3)15-12-6-5-10(14-4)7-11(12)13/h5-9H,13H2,1-4H3. The summed E-state index contributed by atoms with van der Waals surface area (Å²) in [7, 11) is 1.65. The Hall–Kier alpha value is -0.830. The summed E-state index contributed by atoms with van der Waals surface area (Å²) in [5.74, 6) is 1.46. The number of rotatable bonds is 4. The van der Waals surface area contributed by atoms with Gasteiger partial charge in [0.05, 0.1) is 7.11 Å². The molecule has 0 spiro atoms. The van der Waals surface area contributed by atoms with Gasteiger partial charge in [-0.3, -0.25) is 0 Å². The Labute approximate surface area is 96.2 Å². The normalized spacial score (nSPS) is 12.9. The van der Waals surface area contributed by atoms with E-state index in [2.05, 4.69) is 20.8 Å². The molecule has 0 aromatic heterocycles. The van der Waals surface area contributed by atoms with Crippen molar-refractivity contribution in [2.24, 2.45) is 5.92 Å². The zero-order chi connectivity index (χ0) is 11.4. The SMILES string of the molecule is COc1ccc(SC(C)C(C)C)c(N)c1. The highest BCUT2D eigenvalue weighted by Gasteiger charge is 2.11. The molecule has 0 saturated heterocycles. The molecule has 0 radical (unpaired) electrons. The fourth-order valence-electron chi connectivity index (χ4n) is 1.10. The number of hydrogen-bond donors (Lipinski definition) is 1. The van der Waals surface area contributed by atoms with Gasteiger partial charge in [0.1, 0.15) is 5.75 Å². The molecule has 2 N–H and O–H groups in total. The van der Waals surface area contributed by atoms with Gasteiger partial charge < -0.3 is 10.5 Å². The number of benzene rings is 1. The molecule has 2 nitrogen and oxygen atoms in total. The van der Waals surface area contributed by atoms with Gasteiger partial charge >= 0.3 is 0 Å². The Morgan fingerprint density at radius 3 is 2.40 bits per heavy atom. The number of nitrogens with two attached hydrogens (primary N) is 1. The second kappa shape index (κ2) is 5.31. The van der Waals surface area contributed by atoms with Gasteiger partial charge in [-0.05, 0) is 18.1 Å². The third kappa shape index (κ3) is 3.34. The average Bonchev–Trinajstić information content (AvgIpc) is 2.20. The van der Waals surface area contributed by atoms with Crippen LogP contribution in [0.3, 0.4) is 0 Å². The highest BCUT2D eigenvalue weighted by molar-refractivity contribution is 8.00. The van der Waals surface area contributed by atoms with Gasteiger partial charge in [0.2, 0.25) is 0 Å². The van der Waals surface area contributed by atoms with Crippen LogP contribution >= 0.6 is 11.8 Å². The highest BCUT2D eigenvalue weighted by atomic mass is 32.2. The van der Waals surface area contributed by atoms with Crippen LogP contribution in [-0.2, 0) is 0 Å². The lowest BCUT2D eigenvalue weighted by atomic mass is 10.2. The van der Waals surface area contributed by atoms with Crippen LogP contribution in [0.4, 0.5) is 5.69 Å². The maximum Gasteiger partial charge on any atom is 0.120 e. The number of thioether (sulfide) groups is 1. The molecule has 3 heteroatoms. The van der Waals surface area contributed by atoms with Crippen molar-refractivity contribution in [1.29, 1.82) is 0 Å². The molecule has 0 aliphatic carbocycles. The van der Waals surface area contributed by atoms with Gasteiger partial charge in [0, 0.05) is 21.9 Å². The second-order valence-electron chi connectivity index (χ2n) is 3.97. The van der Waals surface area contributed by atoms with Crippen LogP contribution in [0.1, 0.15) is 20.8 Å². The molecule has 0 amide bonds. The molecular weight excluding hydrogens is 206 g/mol. The van der Waals surface area contributed by atoms with Gasteiger partial charge in [0.15, 0.2) is 0 Å². The smallest absolute Gasteiger partial charge is 0.120 e. The first-order valence-electron chi connectivity index (χ1n) is 5.14. The van der Waals surface area contributed by atoms with Crippen molar-refractivity contribution in [2.45, 2.75) is 30.9 Å². The molecular formula is C12H19NOS. The maximum atomic E-state index is 5.94. The van der Waals surface area contributed by atoms with E-state index in [0.29, 0.717) is 11.2 Å². The van der Waals surface area contributed by atoms with Gasteiger partial charge in [-0.15, -0.1) is 11.8 Å². The Balaban J connectivity index is 2.78. The topological polar surface area (TPSA) is 35.2 Å². The zero-order valence-electron chi connectivity index (χ0n) is 9.78. The molecule has 0 bridgehead atoms. The molecule has 1 aromatic rings. The third-order valence-electron chi connectivity index (χ3n) is 2.47. The van der Waals surface area contributed by atoms with Crippen molar-refractivity contribution < 1.29 is 4.74 Å². The average molecular weight is 225 g/mol. The van der Waals surface area contributed by atoms with E-state index in [1.165, 1.54) is 0 Å². The molecule has 0 aliphatic rings. The number of anilines is 1. The number of nitrogen functional groups attached to an aromatic ring is 1. The van der Waals surface area contributed by atoms with Crippen molar-refractivity contribution in [2.75, 3.05) is 12.8 Å². The fraction of sp³-hybridized carbons (Fsp3) is 0.500. The van der Waals surface area contributed by atoms with Crippen molar-refractivity contribution in [1.82, 2.24) is 0 Å². The maximum absolute atomic E-state index is 5.94. The van der Waals surface area contributed by atoms with Gasteiger partial charge in [0.25, 0.3) is 0 Å². The van der Waals surface area contributed by atoms with E-state index in [1.807, 2.05) is 30.0 Å². The lowest BCUT2D eigenvalue weighted by Crippen LogP contribution is -2.05. The Morgan fingerprint density at radius 1 is 1.27 bits per heavy atom. The summed E-state index contributed by atoms with van der Waals surface area (Å²) in [6.07, 6.45) is 0. The van der Waals surface area contributed by atoms with Crippen LogP contribution < -0.4 is 10.5 Å². The van der Waals surface area contributed by atoms with Crippen molar-refractivity contribution in [3.05, 3.63) is 18.2 Å². The van der Waals surface area contributed by atoms with E-state index in [9.17, 15) is 0 Å². The molecule has 1 aromatic carbocycles. The molecule has 1 rings (SSSR count). The van der Waals surface area contributed by atoms with Gasteiger partial charge in [-0.1, -0.05) is 20.8 Å². The summed E-state index contributed by atoms with van der Waals surface area (Å²) in [6.45, 7) is 6.66. The highest BCUT2D eigenvalue weighted by Crippen LogP contribution is 2.33. The largest absolute Gasteiger partial charge is 0.497 e. The quantitative estimate of drug-likeness (QED) is 0.630. The van der Waals surface area contributed by atoms with E-state index in [1.54, 1.807) is 7.11 Å². The monoisotopic (exact) mass is 225 g/mol. The minimum absolute atomic E-state index is 0.570. The number of ether oxygens (including phenoxy) is 1. The molecule has 84 valence electrons. The molecule has 1 atom stereocenters. The van der Waals surface area contributed by atoms with Crippen molar-refractivity contribution in [3.63, 3.8) is 0 Å². The van der Waals surface area contributed by atoms with E-state index < -0.39 is 0 Å². The van der Waals surface area contributed by atoms with Crippen LogP contribution in [0, 0.1) is 5.92 Å². The molecule has 0 aliphatic heterocycles. The summed E-state index contributed by atoms with van der Waals surface area (Å²) >= 11 is 1.82. The van der Waals surface area contributed by atoms with Crippen molar-refractivity contribution >= 4 is 17.4 Å². The summed E-state index contributed by atoms with van der Waals surface area (Å²) < 4.78 is 5.11. The van der Waals surface area contributed by atoms with Crippen LogP contribution in [-0.4, -0.2) is 12.4 Å². The minimum Gasteiger partial charge on any atom is -0.497 e. The fourth-order valence-corrected chi connectivity index (χ4v) is 2.11. The molecule has 0 fully saturated rings. The van der Waals surface area contributed by atoms with Gasteiger partial charge in [-0.2, -0.15) is 0 Å². The summed E-state index contributed by atoms with van der Waals surface area (Å²) in [5.41, 5.74) is 6.74. The third-order valence-corrected chi connectivity index (χ3v) is 4.01. The Kier molecular flexibility index (Phi) is 4.33. The first-order chi connectivity index (χ1) is 7.04. The predicted molar refractivity (Wildman–Crippen MR) is 67.6 cm³/mol. The van der Waals surface area contributed by atoms with Gasteiger partial charge in [-0.25, -0.2) is 0 Å². The summed E-state index contributed by atoms with van der Waals surface area (Å²) in [5, 5.41) is 0.570. The number of hydrogen-bond acceptors (Lipinski definition) is 3. The van der Waals surface area contributed by atoms with E-state index in [0.717, 1.165) is 16.3 Å². The first kappa shape index (κ1) is 12.2. The van der Waals surface area contributed by atoms with E-state index in [4.69, 9.17) is 10.5 Å². The summed E-state index contributed by atoms with van der Waals surface area (Å²) in [6, 6.07) is 5.85. The number of methoxy groups -OCH3 is 1. The first-order valence-corrected chi connectivity index (χ1v) is 6.02. The lowest BCUT2D eigenvalue weighted by molar-refractivity contribution is 0.415. The lowest BCUT2D eigenvalue weighted by Gasteiger charge is -2.16. The van der Waals surface area contributed by atoms with E-state index in [-0.39, 0.29) is 0 Å². The van der Waals surface area contributed by atoms with Crippen LogP contribution in [0.5, 0.6) is 5.75 Å². The molecule has 0 heterocycles. The minimum atomic E-state index is 0.570. The van der Waals surface area contributed by atoms with Crippen molar-refractivity contribution in [3.8, 4) is 5.75 Å². The predicted octanol–water partition coefficient (Wildman–Crippen LogP) is 3.41. The van der Waals surface area contributed by atoms with Crippen LogP contribution in [0.15, 0.2) is 23.1 Å². The zero-order valence-corrected chi connectivity index (χ0v) is 10.6. The Bertz CT molecular complexity index is 325. The molecule has 0 saturated carbocycles.